The van der Waals surface area contributed by atoms with Crippen LogP contribution in [0.4, 0.5) is 17.1 Å². The van der Waals surface area contributed by atoms with Gasteiger partial charge in [-0.2, -0.15) is 0 Å². The van der Waals surface area contributed by atoms with Crippen LogP contribution in [0.1, 0.15) is 30.5 Å². The first-order valence-corrected chi connectivity index (χ1v) is 12.4. The number of carbonyl (C=O) groups is 2. The Bertz CT molecular complexity index is 1310. The van der Waals surface area contributed by atoms with Gasteiger partial charge in [-0.3, -0.25) is 14.5 Å². The number of fused-ring (bicyclic) bond motifs is 3. The molecule has 2 aliphatic heterocycles. The normalized spacial score (nSPS) is 30.9. The number of rotatable bonds is 6. The molecule has 3 aliphatic rings. The summed E-state index contributed by atoms with van der Waals surface area (Å²) in [5, 5.41) is 34.3. The molecule has 2 aromatic carbocycles. The van der Waals surface area contributed by atoms with Crippen molar-refractivity contribution in [1.82, 2.24) is 0 Å². The molecule has 3 fully saturated rings. The van der Waals surface area contributed by atoms with E-state index in [1.807, 2.05) is 42.5 Å². The molecule has 37 heavy (non-hydrogen) atoms. The van der Waals surface area contributed by atoms with Crippen LogP contribution in [0, 0.1) is 23.7 Å². The highest BCUT2D eigenvalue weighted by Gasteiger charge is 2.67. The van der Waals surface area contributed by atoms with E-state index in [1.54, 1.807) is 24.3 Å². The summed E-state index contributed by atoms with van der Waals surface area (Å²) in [4.78, 5) is 28.4. The second-order valence-electron chi connectivity index (χ2n) is 9.96. The second kappa shape index (κ2) is 9.11. The van der Waals surface area contributed by atoms with Gasteiger partial charge in [-0.05, 0) is 61.4 Å². The molecule has 0 radical (unpaired) electrons. The Hall–Kier alpha value is -3.50. The maximum atomic E-state index is 13.7. The van der Waals surface area contributed by atoms with Gasteiger partial charge < -0.3 is 29.8 Å². The van der Waals surface area contributed by atoms with Gasteiger partial charge in [0.2, 0.25) is 11.8 Å². The Morgan fingerprint density at radius 1 is 0.919 bits per heavy atom. The molecule has 0 spiro atoms. The summed E-state index contributed by atoms with van der Waals surface area (Å²) in [7, 11) is 0. The average Bonchev–Trinajstić information content (AvgIpc) is 3.59. The molecule has 3 aromatic rings. The average molecular weight is 505 g/mol. The van der Waals surface area contributed by atoms with Gasteiger partial charge in [0.1, 0.15) is 24.2 Å². The number of aliphatic hydroxyl groups is 3. The van der Waals surface area contributed by atoms with Crippen molar-refractivity contribution in [3.05, 3.63) is 78.3 Å². The predicted molar refractivity (Wildman–Crippen MR) is 132 cm³/mol. The summed E-state index contributed by atoms with van der Waals surface area (Å²) in [6.07, 6.45) is -0.280. The fourth-order valence-electron chi connectivity index (χ4n) is 6.16. The Labute approximate surface area is 213 Å². The lowest BCUT2D eigenvalue weighted by Gasteiger charge is -2.43. The number of amides is 2. The van der Waals surface area contributed by atoms with E-state index in [9.17, 15) is 24.9 Å². The van der Waals surface area contributed by atoms with Gasteiger partial charge in [0, 0.05) is 23.2 Å². The van der Waals surface area contributed by atoms with Gasteiger partial charge in [-0.25, -0.2) is 0 Å². The molecule has 3 heterocycles. The van der Waals surface area contributed by atoms with Gasteiger partial charge in [-0.1, -0.05) is 18.2 Å². The zero-order chi connectivity index (χ0) is 25.7. The van der Waals surface area contributed by atoms with Crippen LogP contribution in [0.25, 0.3) is 0 Å². The van der Waals surface area contributed by atoms with Gasteiger partial charge in [0.15, 0.2) is 5.79 Å². The maximum absolute atomic E-state index is 13.7. The smallest absolute Gasteiger partial charge is 0.238 e. The van der Waals surface area contributed by atoms with Crippen LogP contribution in [0.3, 0.4) is 0 Å². The Balaban J connectivity index is 1.27. The van der Waals surface area contributed by atoms with Crippen LogP contribution in [0.5, 0.6) is 0 Å². The van der Waals surface area contributed by atoms with Crippen molar-refractivity contribution >= 4 is 28.9 Å². The van der Waals surface area contributed by atoms with Gasteiger partial charge in [0.25, 0.3) is 0 Å². The molecule has 4 N–H and O–H groups in total. The Kier molecular flexibility index (Phi) is 5.88. The number of carbonyl (C=O) groups excluding carboxylic acids is 2. The molecule has 2 amide bonds. The van der Waals surface area contributed by atoms with E-state index in [0.717, 1.165) is 11.4 Å². The van der Waals surface area contributed by atoms with E-state index in [-0.39, 0.29) is 37.9 Å². The SMILES string of the molecule is O=C1[C@H]2[C@H](C[C@H](CO)[C@@]3(O)O[C@H](c4ccc(CO)o4)C[C@@H]23)C(=O)N1c1ccc(Nc2ccccc2)cc1. The molecule has 1 aliphatic carbocycles. The highest BCUT2D eigenvalue weighted by Crippen LogP contribution is 2.58. The molecule has 6 atom stereocenters. The maximum Gasteiger partial charge on any atom is 0.238 e. The summed E-state index contributed by atoms with van der Waals surface area (Å²) in [6.45, 7) is -0.656. The molecule has 2 saturated heterocycles. The van der Waals surface area contributed by atoms with Crippen molar-refractivity contribution in [2.75, 3.05) is 16.8 Å². The number of hydrogen-bond acceptors (Lipinski definition) is 8. The van der Waals surface area contributed by atoms with Crippen molar-refractivity contribution in [2.24, 2.45) is 23.7 Å². The third-order valence-electron chi connectivity index (χ3n) is 7.93. The molecule has 9 heteroatoms. The number of nitrogens with zero attached hydrogens (tertiary/aromatic N) is 1. The number of ether oxygens (including phenoxy) is 1. The monoisotopic (exact) mass is 504 g/mol. The minimum Gasteiger partial charge on any atom is -0.461 e. The second-order valence-corrected chi connectivity index (χ2v) is 9.96. The third-order valence-corrected chi connectivity index (χ3v) is 7.93. The molecule has 192 valence electrons. The fraction of sp³-hybridized carbons (Fsp3) is 0.357. The summed E-state index contributed by atoms with van der Waals surface area (Å²) in [5.41, 5.74) is 2.19. The van der Waals surface area contributed by atoms with Crippen molar-refractivity contribution in [3.8, 4) is 0 Å². The van der Waals surface area contributed by atoms with Crippen LogP contribution in [0.2, 0.25) is 0 Å². The zero-order valence-corrected chi connectivity index (χ0v) is 20.0. The molecule has 1 aromatic heterocycles. The van der Waals surface area contributed by atoms with Crippen LogP contribution >= 0.6 is 0 Å². The highest BCUT2D eigenvalue weighted by atomic mass is 16.6. The lowest BCUT2D eigenvalue weighted by molar-refractivity contribution is -0.275. The minimum atomic E-state index is -1.78. The summed E-state index contributed by atoms with van der Waals surface area (Å²) in [5.74, 6) is -4.56. The topological polar surface area (TPSA) is 132 Å². The molecular formula is C28H28N2O7. The first-order chi connectivity index (χ1) is 17.9. The largest absolute Gasteiger partial charge is 0.461 e. The van der Waals surface area contributed by atoms with Crippen molar-refractivity contribution in [1.29, 1.82) is 0 Å². The molecule has 6 rings (SSSR count). The van der Waals surface area contributed by atoms with Gasteiger partial charge in [-0.15, -0.1) is 0 Å². The number of para-hydroxylation sites is 1. The van der Waals surface area contributed by atoms with Crippen molar-refractivity contribution < 1.29 is 34.1 Å². The summed E-state index contributed by atoms with van der Waals surface area (Å²) >= 11 is 0. The number of aliphatic hydroxyl groups excluding tert-OH is 2. The van der Waals surface area contributed by atoms with E-state index >= 15 is 0 Å². The number of imide groups is 1. The minimum absolute atomic E-state index is 0.135. The van der Waals surface area contributed by atoms with E-state index < -0.39 is 35.6 Å². The number of benzene rings is 2. The van der Waals surface area contributed by atoms with Crippen molar-refractivity contribution in [2.45, 2.75) is 31.3 Å². The molecule has 0 unspecified atom stereocenters. The lowest BCUT2D eigenvalue weighted by atomic mass is 9.64. The molecule has 9 nitrogen and oxygen atoms in total. The van der Waals surface area contributed by atoms with Crippen LogP contribution in [-0.2, 0) is 20.9 Å². The molecular weight excluding hydrogens is 476 g/mol. The third kappa shape index (κ3) is 3.86. The lowest BCUT2D eigenvalue weighted by Crippen LogP contribution is -2.54. The first kappa shape index (κ1) is 23.9. The zero-order valence-electron chi connectivity index (χ0n) is 20.0. The van der Waals surface area contributed by atoms with Gasteiger partial charge >= 0.3 is 0 Å². The Morgan fingerprint density at radius 2 is 1.65 bits per heavy atom. The number of anilines is 3. The summed E-state index contributed by atoms with van der Waals surface area (Å²) < 4.78 is 11.7. The van der Waals surface area contributed by atoms with Gasteiger partial charge in [0.05, 0.1) is 24.1 Å². The van der Waals surface area contributed by atoms with E-state index in [4.69, 9.17) is 9.15 Å². The van der Waals surface area contributed by atoms with Crippen molar-refractivity contribution in [3.63, 3.8) is 0 Å². The quantitative estimate of drug-likeness (QED) is 0.377. The standard InChI is InChI=1S/C28H28N2O7/c31-14-16-12-21-25(22-13-24(37-28(16,22)35)23-11-10-20(15-32)36-23)27(34)30(26(21)33)19-8-6-18(7-9-19)29-17-4-2-1-3-5-17/h1-11,16,21-22,24-25,29,31-32,35H,12-15H2/t16-,21+,22+,24+,25+,28-/m1/s1. The van der Waals surface area contributed by atoms with Crippen LogP contribution in [0.15, 0.2) is 71.1 Å². The Morgan fingerprint density at radius 3 is 2.32 bits per heavy atom. The molecule has 1 saturated carbocycles. The first-order valence-electron chi connectivity index (χ1n) is 12.4. The highest BCUT2D eigenvalue weighted by molar-refractivity contribution is 6.22. The number of nitrogens with one attached hydrogen (secondary N) is 1. The number of furan rings is 1. The van der Waals surface area contributed by atoms with E-state index in [1.165, 1.54) is 4.90 Å². The van der Waals surface area contributed by atoms with Crippen LogP contribution < -0.4 is 10.2 Å². The van der Waals surface area contributed by atoms with E-state index in [2.05, 4.69) is 5.32 Å². The summed E-state index contributed by atoms with van der Waals surface area (Å²) in [6, 6.07) is 20.0. The predicted octanol–water partition coefficient (Wildman–Crippen LogP) is 3.10. The number of hydrogen-bond donors (Lipinski definition) is 4. The fourth-order valence-corrected chi connectivity index (χ4v) is 6.16. The van der Waals surface area contributed by atoms with Crippen LogP contribution in [-0.4, -0.2) is 39.5 Å². The van der Waals surface area contributed by atoms with E-state index in [0.29, 0.717) is 17.2 Å². The molecule has 0 bridgehead atoms.